The summed E-state index contributed by atoms with van der Waals surface area (Å²) in [5.41, 5.74) is 7.29. The number of thiazole rings is 1. The van der Waals surface area contributed by atoms with Crippen LogP contribution in [0.5, 0.6) is 0 Å². The van der Waals surface area contributed by atoms with Gasteiger partial charge in [-0.25, -0.2) is 9.37 Å². The quantitative estimate of drug-likeness (QED) is 0.808. The van der Waals surface area contributed by atoms with Crippen molar-refractivity contribution in [2.24, 2.45) is 11.7 Å². The molecule has 132 valence electrons. The molecule has 2 rings (SSSR count). The first-order chi connectivity index (χ1) is 10.9. The Labute approximate surface area is 152 Å². The van der Waals surface area contributed by atoms with Crippen LogP contribution >= 0.6 is 23.7 Å². The fourth-order valence-electron chi connectivity index (χ4n) is 2.27. The van der Waals surface area contributed by atoms with Crippen LogP contribution < -0.4 is 11.1 Å². The molecule has 2 aromatic rings. The van der Waals surface area contributed by atoms with Crippen LogP contribution in [0.15, 0.2) is 24.3 Å². The molecule has 0 saturated heterocycles. The molecule has 0 aliphatic heterocycles. The molecule has 1 aromatic carbocycles. The van der Waals surface area contributed by atoms with E-state index in [1.807, 2.05) is 26.8 Å². The van der Waals surface area contributed by atoms with Gasteiger partial charge in [0.15, 0.2) is 5.13 Å². The van der Waals surface area contributed by atoms with E-state index in [-0.39, 0.29) is 24.1 Å². The molecule has 1 amide bonds. The van der Waals surface area contributed by atoms with Crippen LogP contribution in [-0.2, 0) is 11.2 Å². The number of hydrogen-bond acceptors (Lipinski definition) is 4. The number of aromatic nitrogens is 1. The second kappa shape index (κ2) is 9.11. The van der Waals surface area contributed by atoms with Crippen LogP contribution in [-0.4, -0.2) is 16.9 Å². The number of nitrogens with two attached hydrogens (primary N) is 1. The summed E-state index contributed by atoms with van der Waals surface area (Å²) in [4.78, 5) is 17.3. The molecule has 0 fully saturated rings. The third-order valence-electron chi connectivity index (χ3n) is 3.49. The van der Waals surface area contributed by atoms with Crippen molar-refractivity contribution < 1.29 is 9.18 Å². The van der Waals surface area contributed by atoms with Gasteiger partial charge in [0.25, 0.3) is 0 Å². The molecule has 0 saturated carbocycles. The third kappa shape index (κ3) is 5.54. The molecule has 1 aromatic heterocycles. The van der Waals surface area contributed by atoms with Crippen molar-refractivity contribution >= 4 is 34.8 Å². The molecule has 7 heteroatoms. The zero-order chi connectivity index (χ0) is 17.0. The zero-order valence-corrected chi connectivity index (χ0v) is 15.6. The summed E-state index contributed by atoms with van der Waals surface area (Å²) in [5.74, 6) is -0.111. The van der Waals surface area contributed by atoms with Gasteiger partial charge in [0.2, 0.25) is 5.91 Å². The van der Waals surface area contributed by atoms with E-state index in [9.17, 15) is 9.18 Å². The lowest BCUT2D eigenvalue weighted by molar-refractivity contribution is -0.117. The van der Waals surface area contributed by atoms with Crippen LogP contribution in [0, 0.1) is 18.7 Å². The predicted octanol–water partition coefficient (Wildman–Crippen LogP) is 3.92. The number of anilines is 1. The number of halogens is 2. The maximum Gasteiger partial charge on any atom is 0.243 e. The van der Waals surface area contributed by atoms with E-state index in [4.69, 9.17) is 5.73 Å². The molecule has 0 bridgehead atoms. The number of carbonyl (C=O) groups excluding carboxylic acids is 1. The van der Waals surface area contributed by atoms with Gasteiger partial charge in [0.05, 0.1) is 11.7 Å². The van der Waals surface area contributed by atoms with Gasteiger partial charge >= 0.3 is 0 Å². The Morgan fingerprint density at radius 3 is 2.67 bits per heavy atom. The summed E-state index contributed by atoms with van der Waals surface area (Å²) in [5, 5.41) is 3.27. The summed E-state index contributed by atoms with van der Waals surface area (Å²) in [6.45, 7) is 5.90. The van der Waals surface area contributed by atoms with Gasteiger partial charge in [0, 0.05) is 11.3 Å². The Kier molecular flexibility index (Phi) is 7.79. The number of rotatable bonds is 6. The largest absolute Gasteiger partial charge is 0.320 e. The molecule has 4 nitrogen and oxygen atoms in total. The Morgan fingerprint density at radius 2 is 2.04 bits per heavy atom. The maximum absolute atomic E-state index is 13.7. The molecule has 0 aliphatic carbocycles. The fraction of sp³-hybridized carbons (Fsp3) is 0.412. The molecule has 0 unspecified atom stereocenters. The number of aryl methyl sites for hydroxylation is 1. The molecule has 0 radical (unpaired) electrons. The lowest BCUT2D eigenvalue weighted by atomic mass is 10.0. The fourth-order valence-corrected chi connectivity index (χ4v) is 3.26. The second-order valence-corrected chi connectivity index (χ2v) is 7.10. The van der Waals surface area contributed by atoms with Gasteiger partial charge in [-0.15, -0.1) is 23.7 Å². The van der Waals surface area contributed by atoms with E-state index >= 15 is 0 Å². The Morgan fingerprint density at radius 1 is 1.38 bits per heavy atom. The lowest BCUT2D eigenvalue weighted by Crippen LogP contribution is -2.36. The molecule has 0 spiro atoms. The van der Waals surface area contributed by atoms with Gasteiger partial charge in [-0.3, -0.25) is 4.79 Å². The number of nitrogens with zero attached hydrogens (tertiary/aromatic N) is 1. The van der Waals surface area contributed by atoms with Crippen LogP contribution in [0.3, 0.4) is 0 Å². The molecule has 0 aliphatic rings. The lowest BCUT2D eigenvalue weighted by Gasteiger charge is -2.12. The number of hydrogen-bond donors (Lipinski definition) is 2. The van der Waals surface area contributed by atoms with Crippen molar-refractivity contribution in [2.45, 2.75) is 39.7 Å². The molecule has 1 atom stereocenters. The Bertz CT molecular complexity index is 690. The van der Waals surface area contributed by atoms with Crippen LogP contribution in [0.2, 0.25) is 0 Å². The normalized spacial score (nSPS) is 11.9. The van der Waals surface area contributed by atoms with E-state index in [1.54, 1.807) is 12.1 Å². The van der Waals surface area contributed by atoms with Crippen molar-refractivity contribution in [3.8, 4) is 0 Å². The number of carbonyl (C=O) groups is 1. The topological polar surface area (TPSA) is 68.0 Å². The monoisotopic (exact) mass is 371 g/mol. The Hall–Kier alpha value is -1.50. The highest BCUT2D eigenvalue weighted by atomic mass is 35.5. The van der Waals surface area contributed by atoms with Gasteiger partial charge in [-0.05, 0) is 30.9 Å². The summed E-state index contributed by atoms with van der Waals surface area (Å²) in [7, 11) is 0. The van der Waals surface area contributed by atoms with E-state index in [1.165, 1.54) is 17.4 Å². The summed E-state index contributed by atoms with van der Waals surface area (Å²) < 4.78 is 13.7. The zero-order valence-electron chi connectivity index (χ0n) is 14.0. The maximum atomic E-state index is 13.7. The van der Waals surface area contributed by atoms with Gasteiger partial charge in [-0.2, -0.15) is 0 Å². The third-order valence-corrected chi connectivity index (χ3v) is 4.57. The highest BCUT2D eigenvalue weighted by Crippen LogP contribution is 2.26. The number of benzene rings is 1. The van der Waals surface area contributed by atoms with Crippen molar-refractivity contribution in [3.63, 3.8) is 0 Å². The van der Waals surface area contributed by atoms with Gasteiger partial charge in [-0.1, -0.05) is 32.0 Å². The first-order valence-electron chi connectivity index (χ1n) is 7.63. The minimum absolute atomic E-state index is 0. The molecule has 24 heavy (non-hydrogen) atoms. The van der Waals surface area contributed by atoms with Crippen LogP contribution in [0.1, 0.15) is 36.4 Å². The molecule has 1 heterocycles. The molecular weight excluding hydrogens is 349 g/mol. The summed E-state index contributed by atoms with van der Waals surface area (Å²) >= 11 is 1.36. The molecular formula is C17H23ClFN3OS. The van der Waals surface area contributed by atoms with Crippen molar-refractivity contribution in [2.75, 3.05) is 5.32 Å². The predicted molar refractivity (Wildman–Crippen MR) is 99.4 cm³/mol. The smallest absolute Gasteiger partial charge is 0.243 e. The van der Waals surface area contributed by atoms with Crippen molar-refractivity contribution in [1.82, 2.24) is 4.98 Å². The van der Waals surface area contributed by atoms with Crippen molar-refractivity contribution in [3.05, 3.63) is 46.2 Å². The van der Waals surface area contributed by atoms with Crippen molar-refractivity contribution in [1.29, 1.82) is 0 Å². The standard InChI is InChI=1S/C17H22FN3OS.ClH/c1-10(2)8-14(19)16(22)21-17-20-11(3)15(23-17)9-12-6-4-5-7-13(12)18;/h4-7,10,14H,8-9,19H2,1-3H3,(H,20,21,22);1H/t14-;/m0./s1. The first-order valence-corrected chi connectivity index (χ1v) is 8.44. The summed E-state index contributed by atoms with van der Waals surface area (Å²) in [6.07, 6.45) is 1.09. The average molecular weight is 372 g/mol. The SMILES string of the molecule is Cc1nc(NC(=O)[C@@H](N)CC(C)C)sc1Cc1ccccc1F.Cl. The van der Waals surface area contributed by atoms with E-state index < -0.39 is 6.04 Å². The summed E-state index contributed by atoms with van der Waals surface area (Å²) in [6, 6.07) is 6.13. The van der Waals surface area contributed by atoms with Crippen LogP contribution in [0.25, 0.3) is 0 Å². The van der Waals surface area contributed by atoms with E-state index in [0.717, 1.165) is 10.6 Å². The highest BCUT2D eigenvalue weighted by Gasteiger charge is 2.18. The second-order valence-electron chi connectivity index (χ2n) is 6.02. The average Bonchev–Trinajstić information content (AvgIpc) is 2.80. The van der Waals surface area contributed by atoms with Crippen LogP contribution in [0.4, 0.5) is 9.52 Å². The number of nitrogens with one attached hydrogen (secondary N) is 1. The van der Waals surface area contributed by atoms with Gasteiger partial charge in [0.1, 0.15) is 5.82 Å². The highest BCUT2D eigenvalue weighted by molar-refractivity contribution is 7.15. The minimum atomic E-state index is -0.547. The molecule has 3 N–H and O–H groups in total. The van der Waals surface area contributed by atoms with E-state index in [0.29, 0.717) is 29.5 Å². The first kappa shape index (κ1) is 20.5. The minimum Gasteiger partial charge on any atom is -0.320 e. The Balaban J connectivity index is 0.00000288. The number of amides is 1. The van der Waals surface area contributed by atoms with E-state index in [2.05, 4.69) is 10.3 Å². The van der Waals surface area contributed by atoms with Gasteiger partial charge < -0.3 is 11.1 Å².